The van der Waals surface area contributed by atoms with Crippen LogP contribution in [0.25, 0.3) is 11.3 Å². The number of nitrogens with zero attached hydrogens (tertiary/aromatic N) is 3. The largest absolute Gasteiger partial charge is 0.313 e. The number of aromatic nitrogens is 2. The van der Waals surface area contributed by atoms with Crippen LogP contribution in [-0.4, -0.2) is 14.9 Å². The van der Waals surface area contributed by atoms with Gasteiger partial charge in [0.2, 0.25) is 5.28 Å². The summed E-state index contributed by atoms with van der Waals surface area (Å²) >= 11 is 5.64. The van der Waals surface area contributed by atoms with Crippen LogP contribution in [0.2, 0.25) is 5.28 Å². The summed E-state index contributed by atoms with van der Waals surface area (Å²) in [6.07, 6.45) is 0.976. The van der Waals surface area contributed by atoms with Gasteiger partial charge in [-0.15, -0.1) is 0 Å². The standard InChI is InChI=1S/C12H9ClFN3O2/c1-6-3-7(2)10(8(14)4-6)11-9(17(18)19)5-15-12(13)16-11/h3-5H,1-2H3. The van der Waals surface area contributed by atoms with Crippen LogP contribution in [0.3, 0.4) is 0 Å². The van der Waals surface area contributed by atoms with Gasteiger partial charge in [-0.2, -0.15) is 0 Å². The summed E-state index contributed by atoms with van der Waals surface area (Å²) in [6.45, 7) is 3.40. The van der Waals surface area contributed by atoms with E-state index in [9.17, 15) is 14.5 Å². The number of hydrogen-bond acceptors (Lipinski definition) is 4. The molecule has 5 nitrogen and oxygen atoms in total. The van der Waals surface area contributed by atoms with E-state index in [0.29, 0.717) is 5.56 Å². The van der Waals surface area contributed by atoms with Crippen LogP contribution in [0.15, 0.2) is 18.3 Å². The molecular formula is C12H9ClFN3O2. The number of nitro groups is 1. The van der Waals surface area contributed by atoms with Gasteiger partial charge in [-0.05, 0) is 42.6 Å². The van der Waals surface area contributed by atoms with E-state index in [4.69, 9.17) is 11.6 Å². The smallest absolute Gasteiger partial charge is 0.258 e. The molecule has 0 spiro atoms. The Hall–Kier alpha value is -2.08. The molecule has 19 heavy (non-hydrogen) atoms. The van der Waals surface area contributed by atoms with E-state index in [2.05, 4.69) is 9.97 Å². The minimum absolute atomic E-state index is 0.0709. The summed E-state index contributed by atoms with van der Waals surface area (Å²) in [5.74, 6) is -0.574. The lowest BCUT2D eigenvalue weighted by Crippen LogP contribution is -2.00. The van der Waals surface area contributed by atoms with Gasteiger partial charge in [-0.1, -0.05) is 6.07 Å². The number of aryl methyl sites for hydroxylation is 2. The third-order valence-electron chi connectivity index (χ3n) is 2.61. The third-order valence-corrected chi connectivity index (χ3v) is 2.79. The first-order valence-electron chi connectivity index (χ1n) is 5.34. The molecular weight excluding hydrogens is 273 g/mol. The van der Waals surface area contributed by atoms with E-state index in [-0.39, 0.29) is 22.2 Å². The summed E-state index contributed by atoms with van der Waals surface area (Å²) in [6, 6.07) is 3.01. The monoisotopic (exact) mass is 281 g/mol. The highest BCUT2D eigenvalue weighted by molar-refractivity contribution is 6.28. The van der Waals surface area contributed by atoms with Gasteiger partial charge < -0.3 is 0 Å². The molecule has 0 amide bonds. The quantitative estimate of drug-likeness (QED) is 0.480. The van der Waals surface area contributed by atoms with Gasteiger partial charge in [0.05, 0.1) is 4.92 Å². The predicted octanol–water partition coefficient (Wildman–Crippen LogP) is 3.46. The zero-order valence-electron chi connectivity index (χ0n) is 10.1. The van der Waals surface area contributed by atoms with E-state index < -0.39 is 10.7 Å². The number of benzene rings is 1. The average Bonchev–Trinajstić information content (AvgIpc) is 2.27. The minimum atomic E-state index is -0.662. The Bertz CT molecular complexity index is 653. The first kappa shape index (κ1) is 13.4. The van der Waals surface area contributed by atoms with Crippen molar-refractivity contribution in [1.29, 1.82) is 0 Å². The Morgan fingerprint density at radius 1 is 1.37 bits per heavy atom. The maximum Gasteiger partial charge on any atom is 0.313 e. The molecule has 0 bridgehead atoms. The number of hydrogen-bond donors (Lipinski definition) is 0. The van der Waals surface area contributed by atoms with Gasteiger partial charge in [0.25, 0.3) is 0 Å². The van der Waals surface area contributed by atoms with Gasteiger partial charge in [-0.3, -0.25) is 10.1 Å². The Morgan fingerprint density at radius 3 is 2.63 bits per heavy atom. The Kier molecular flexibility index (Phi) is 3.44. The highest BCUT2D eigenvalue weighted by atomic mass is 35.5. The van der Waals surface area contributed by atoms with E-state index in [0.717, 1.165) is 11.8 Å². The lowest BCUT2D eigenvalue weighted by Gasteiger charge is -2.08. The zero-order chi connectivity index (χ0) is 14.2. The van der Waals surface area contributed by atoms with Gasteiger partial charge >= 0.3 is 5.69 Å². The van der Waals surface area contributed by atoms with Crippen molar-refractivity contribution in [2.45, 2.75) is 13.8 Å². The second-order valence-corrected chi connectivity index (χ2v) is 4.41. The summed E-state index contributed by atoms with van der Waals surface area (Å²) in [4.78, 5) is 17.6. The highest BCUT2D eigenvalue weighted by Crippen LogP contribution is 2.33. The van der Waals surface area contributed by atoms with E-state index in [1.807, 2.05) is 0 Å². The van der Waals surface area contributed by atoms with E-state index >= 15 is 0 Å². The molecule has 2 aromatic rings. The van der Waals surface area contributed by atoms with Gasteiger partial charge in [0.15, 0.2) is 5.69 Å². The maximum absolute atomic E-state index is 14.0. The fraction of sp³-hybridized carbons (Fsp3) is 0.167. The lowest BCUT2D eigenvalue weighted by atomic mass is 10.0. The second kappa shape index (κ2) is 4.89. The predicted molar refractivity (Wildman–Crippen MR) is 68.6 cm³/mol. The van der Waals surface area contributed by atoms with Crippen LogP contribution in [-0.2, 0) is 0 Å². The fourth-order valence-electron chi connectivity index (χ4n) is 1.89. The topological polar surface area (TPSA) is 68.9 Å². The highest BCUT2D eigenvalue weighted by Gasteiger charge is 2.23. The molecule has 0 aliphatic heterocycles. The molecule has 0 N–H and O–H groups in total. The molecule has 7 heteroatoms. The van der Waals surface area contributed by atoms with Crippen LogP contribution in [0.4, 0.5) is 10.1 Å². The molecule has 0 fully saturated rings. The van der Waals surface area contributed by atoms with E-state index in [1.165, 1.54) is 6.07 Å². The van der Waals surface area contributed by atoms with Gasteiger partial charge in [-0.25, -0.2) is 14.4 Å². The average molecular weight is 282 g/mol. The van der Waals surface area contributed by atoms with Gasteiger partial charge in [0, 0.05) is 5.56 Å². The molecule has 0 saturated carbocycles. The molecule has 1 aromatic carbocycles. The van der Waals surface area contributed by atoms with Crippen molar-refractivity contribution in [2.75, 3.05) is 0 Å². The maximum atomic E-state index is 14.0. The van der Waals surface area contributed by atoms with Crippen molar-refractivity contribution in [3.8, 4) is 11.3 Å². The van der Waals surface area contributed by atoms with E-state index in [1.54, 1.807) is 19.9 Å². The first-order chi connectivity index (χ1) is 8.90. The summed E-state index contributed by atoms with van der Waals surface area (Å²) in [7, 11) is 0. The molecule has 0 unspecified atom stereocenters. The summed E-state index contributed by atoms with van der Waals surface area (Å²) < 4.78 is 14.0. The Balaban J connectivity index is 2.78. The van der Waals surface area contributed by atoms with Crippen molar-refractivity contribution in [3.63, 3.8) is 0 Å². The molecule has 98 valence electrons. The van der Waals surface area contributed by atoms with Crippen molar-refractivity contribution in [3.05, 3.63) is 50.7 Å². The molecule has 0 saturated heterocycles. The lowest BCUT2D eigenvalue weighted by molar-refractivity contribution is -0.384. The summed E-state index contributed by atoms with van der Waals surface area (Å²) in [5.41, 5.74) is 0.855. The first-order valence-corrected chi connectivity index (χ1v) is 5.72. The van der Waals surface area contributed by atoms with Crippen molar-refractivity contribution in [1.82, 2.24) is 9.97 Å². The van der Waals surface area contributed by atoms with Crippen LogP contribution in [0.5, 0.6) is 0 Å². The van der Waals surface area contributed by atoms with Crippen LogP contribution in [0.1, 0.15) is 11.1 Å². The molecule has 0 radical (unpaired) electrons. The summed E-state index contributed by atoms with van der Waals surface area (Å²) in [5, 5.41) is 10.8. The van der Waals surface area contributed by atoms with Crippen molar-refractivity contribution < 1.29 is 9.31 Å². The second-order valence-electron chi connectivity index (χ2n) is 4.07. The van der Waals surface area contributed by atoms with Crippen LogP contribution in [0, 0.1) is 29.8 Å². The molecule has 0 aliphatic carbocycles. The normalized spacial score (nSPS) is 10.5. The fourth-order valence-corrected chi connectivity index (χ4v) is 2.02. The molecule has 0 atom stereocenters. The molecule has 0 aliphatic rings. The molecule has 1 aromatic heterocycles. The zero-order valence-corrected chi connectivity index (χ0v) is 10.9. The molecule has 2 rings (SSSR count). The number of halogens is 2. The Labute approximate surface area is 113 Å². The third kappa shape index (κ3) is 2.53. The van der Waals surface area contributed by atoms with Crippen LogP contribution < -0.4 is 0 Å². The molecule has 1 heterocycles. The minimum Gasteiger partial charge on any atom is -0.258 e. The van der Waals surface area contributed by atoms with Crippen LogP contribution >= 0.6 is 11.6 Å². The van der Waals surface area contributed by atoms with Crippen molar-refractivity contribution in [2.24, 2.45) is 0 Å². The number of rotatable bonds is 2. The van der Waals surface area contributed by atoms with Gasteiger partial charge in [0.1, 0.15) is 12.0 Å². The SMILES string of the molecule is Cc1cc(C)c(-c2nc(Cl)ncc2[N+](=O)[O-])c(F)c1. The Morgan fingerprint density at radius 2 is 2.05 bits per heavy atom. The van der Waals surface area contributed by atoms with Crippen molar-refractivity contribution >= 4 is 17.3 Å².